The Kier molecular flexibility index (Phi) is 4.38. The predicted molar refractivity (Wildman–Crippen MR) is 76.1 cm³/mol. The van der Waals surface area contributed by atoms with E-state index in [2.05, 4.69) is 0 Å². The van der Waals surface area contributed by atoms with Crippen LogP contribution in [0.3, 0.4) is 0 Å². The molecular weight excluding hydrogens is 296 g/mol. The van der Waals surface area contributed by atoms with E-state index in [1.54, 1.807) is 19.9 Å². The lowest BCUT2D eigenvalue weighted by molar-refractivity contribution is -0.148. The number of esters is 1. The number of nitrogens with zero attached hydrogens (tertiary/aromatic N) is 1. The molecule has 0 bridgehead atoms. The first-order chi connectivity index (χ1) is 9.88. The molecule has 2 aliphatic rings. The highest BCUT2D eigenvalue weighted by Crippen LogP contribution is 2.39. The zero-order valence-corrected chi connectivity index (χ0v) is 12.5. The van der Waals surface area contributed by atoms with E-state index in [9.17, 15) is 19.5 Å². The molecule has 0 saturated carbocycles. The van der Waals surface area contributed by atoms with Crippen LogP contribution in [0.1, 0.15) is 13.8 Å². The van der Waals surface area contributed by atoms with Crippen molar-refractivity contribution in [2.45, 2.75) is 25.3 Å². The summed E-state index contributed by atoms with van der Waals surface area (Å²) in [5, 5.41) is 8.95. The van der Waals surface area contributed by atoms with Crippen molar-refractivity contribution in [3.05, 3.63) is 22.9 Å². The third kappa shape index (κ3) is 2.68. The molecule has 3 N–H and O–H groups in total. The molecule has 0 aromatic carbocycles. The van der Waals surface area contributed by atoms with E-state index >= 15 is 0 Å². The number of β-lactam (4-membered cyclic amide) rings is 1. The SMILES string of the molecule is C/C=C(/C)C(=O)OCC1=C(C(=O)O)N2C(=O)[C@@H](N)[C@H]2SC1. The average Bonchev–Trinajstić information content (AvgIpc) is 2.49. The number of carboxylic acid groups (broad SMARTS) is 1. The molecule has 7 nitrogen and oxygen atoms in total. The van der Waals surface area contributed by atoms with E-state index < -0.39 is 23.9 Å². The molecule has 0 spiro atoms. The van der Waals surface area contributed by atoms with Crippen molar-refractivity contribution in [1.29, 1.82) is 0 Å². The average molecular weight is 312 g/mol. The van der Waals surface area contributed by atoms with Gasteiger partial charge in [-0.05, 0) is 13.8 Å². The lowest BCUT2D eigenvalue weighted by Gasteiger charge is -2.47. The van der Waals surface area contributed by atoms with E-state index in [1.807, 2.05) is 0 Å². The summed E-state index contributed by atoms with van der Waals surface area (Å²) < 4.78 is 5.07. The Morgan fingerprint density at radius 1 is 1.57 bits per heavy atom. The van der Waals surface area contributed by atoms with Crippen molar-refractivity contribution < 1.29 is 24.2 Å². The molecule has 1 fully saturated rings. The summed E-state index contributed by atoms with van der Waals surface area (Å²) in [5.74, 6) is -1.77. The van der Waals surface area contributed by atoms with E-state index in [4.69, 9.17) is 10.5 Å². The zero-order chi connectivity index (χ0) is 15.7. The second kappa shape index (κ2) is 5.90. The molecule has 114 valence electrons. The van der Waals surface area contributed by atoms with E-state index in [1.165, 1.54) is 16.7 Å². The van der Waals surface area contributed by atoms with Crippen molar-refractivity contribution >= 4 is 29.6 Å². The number of thioether (sulfide) groups is 1. The highest BCUT2D eigenvalue weighted by molar-refractivity contribution is 8.00. The second-order valence-electron chi connectivity index (χ2n) is 4.74. The van der Waals surface area contributed by atoms with Gasteiger partial charge in [0.15, 0.2) is 0 Å². The van der Waals surface area contributed by atoms with Crippen LogP contribution >= 0.6 is 11.8 Å². The van der Waals surface area contributed by atoms with Gasteiger partial charge in [-0.2, -0.15) is 0 Å². The minimum Gasteiger partial charge on any atom is -0.477 e. The maximum Gasteiger partial charge on any atom is 0.352 e. The third-order valence-electron chi connectivity index (χ3n) is 3.42. The number of hydrogen-bond donors (Lipinski definition) is 2. The number of hydrogen-bond acceptors (Lipinski definition) is 6. The summed E-state index contributed by atoms with van der Waals surface area (Å²) in [6, 6.07) is -0.668. The number of carbonyl (C=O) groups is 3. The number of allylic oxidation sites excluding steroid dienone is 1. The molecule has 0 aromatic heterocycles. The van der Waals surface area contributed by atoms with Crippen LogP contribution < -0.4 is 5.73 Å². The Hall–Kier alpha value is -1.80. The van der Waals surface area contributed by atoms with Crippen LogP contribution in [0.4, 0.5) is 0 Å². The van der Waals surface area contributed by atoms with Crippen LogP contribution in [-0.2, 0) is 19.1 Å². The van der Waals surface area contributed by atoms with Gasteiger partial charge in [-0.1, -0.05) is 6.08 Å². The van der Waals surface area contributed by atoms with Gasteiger partial charge in [-0.3, -0.25) is 9.69 Å². The van der Waals surface area contributed by atoms with Gasteiger partial charge in [-0.25, -0.2) is 9.59 Å². The minimum absolute atomic E-state index is 0.114. The number of aliphatic carboxylic acids is 1. The Balaban J connectivity index is 2.18. The summed E-state index contributed by atoms with van der Waals surface area (Å²) in [6.45, 7) is 3.17. The number of ether oxygens (including phenoxy) is 1. The molecule has 2 aliphatic heterocycles. The maximum atomic E-state index is 11.7. The van der Waals surface area contributed by atoms with Crippen LogP contribution in [0.5, 0.6) is 0 Å². The van der Waals surface area contributed by atoms with Gasteiger partial charge < -0.3 is 15.6 Å². The number of rotatable bonds is 4. The summed E-state index contributed by atoms with van der Waals surface area (Å²) >= 11 is 1.37. The topological polar surface area (TPSA) is 110 Å². The molecule has 0 aromatic rings. The predicted octanol–water partition coefficient (Wildman–Crippen LogP) is 0.0769. The zero-order valence-electron chi connectivity index (χ0n) is 11.7. The fourth-order valence-electron chi connectivity index (χ4n) is 2.08. The van der Waals surface area contributed by atoms with E-state index in [0.29, 0.717) is 16.9 Å². The molecule has 2 heterocycles. The molecule has 0 radical (unpaired) electrons. The van der Waals surface area contributed by atoms with Crippen LogP contribution in [0.25, 0.3) is 0 Å². The normalized spacial score (nSPS) is 25.4. The van der Waals surface area contributed by atoms with Gasteiger partial charge in [0, 0.05) is 16.9 Å². The molecule has 0 aliphatic carbocycles. The first-order valence-corrected chi connectivity index (χ1v) is 7.39. The maximum absolute atomic E-state index is 11.7. The van der Waals surface area contributed by atoms with Crippen molar-refractivity contribution in [2.24, 2.45) is 5.73 Å². The Bertz CT molecular complexity index is 569. The lowest BCUT2D eigenvalue weighted by atomic mass is 10.0. The van der Waals surface area contributed by atoms with Gasteiger partial charge in [-0.15, -0.1) is 11.8 Å². The summed E-state index contributed by atoms with van der Waals surface area (Å²) in [5.41, 5.74) is 6.37. The van der Waals surface area contributed by atoms with Gasteiger partial charge in [0.1, 0.15) is 23.7 Å². The molecule has 21 heavy (non-hydrogen) atoms. The summed E-state index contributed by atoms with van der Waals surface area (Å²) in [6.07, 6.45) is 1.61. The van der Waals surface area contributed by atoms with Crippen LogP contribution in [0.15, 0.2) is 22.9 Å². The molecular formula is C13H16N2O5S. The molecule has 1 saturated heterocycles. The Labute approximate surface area is 125 Å². The number of amides is 1. The van der Waals surface area contributed by atoms with Gasteiger partial charge in [0.2, 0.25) is 5.91 Å². The highest BCUT2D eigenvalue weighted by Gasteiger charge is 2.51. The van der Waals surface area contributed by atoms with Crippen LogP contribution in [0, 0.1) is 0 Å². The number of fused-ring (bicyclic) bond motifs is 1. The van der Waals surface area contributed by atoms with Crippen molar-refractivity contribution in [3.8, 4) is 0 Å². The standard InChI is InChI=1S/C13H16N2O5S/c1-3-6(2)13(19)20-4-7-5-21-11-8(14)10(16)15(11)9(7)12(17)18/h3,8,11H,4-5,14H2,1-2H3,(H,17,18)/b6-3-/t8-,11-/m1/s1. The Morgan fingerprint density at radius 2 is 2.24 bits per heavy atom. The molecule has 1 amide bonds. The van der Waals surface area contributed by atoms with E-state index in [-0.39, 0.29) is 17.7 Å². The molecule has 2 rings (SSSR count). The second-order valence-corrected chi connectivity index (χ2v) is 5.85. The first-order valence-electron chi connectivity index (χ1n) is 6.34. The monoisotopic (exact) mass is 312 g/mol. The molecule has 0 unspecified atom stereocenters. The van der Waals surface area contributed by atoms with Crippen molar-refractivity contribution in [1.82, 2.24) is 4.90 Å². The summed E-state index contributed by atoms with van der Waals surface area (Å²) in [7, 11) is 0. The molecule has 8 heteroatoms. The summed E-state index contributed by atoms with van der Waals surface area (Å²) in [4.78, 5) is 35.9. The van der Waals surface area contributed by atoms with Gasteiger partial charge in [0.05, 0.1) is 0 Å². The van der Waals surface area contributed by atoms with Gasteiger partial charge in [0.25, 0.3) is 0 Å². The van der Waals surface area contributed by atoms with Crippen molar-refractivity contribution in [2.75, 3.05) is 12.4 Å². The lowest BCUT2D eigenvalue weighted by Crippen LogP contribution is -2.68. The fraction of sp³-hybridized carbons (Fsp3) is 0.462. The number of carboxylic acids is 1. The number of carbonyl (C=O) groups excluding carboxylic acids is 2. The number of nitrogens with two attached hydrogens (primary N) is 1. The largest absolute Gasteiger partial charge is 0.477 e. The van der Waals surface area contributed by atoms with Crippen LogP contribution in [0.2, 0.25) is 0 Å². The fourth-order valence-corrected chi connectivity index (χ4v) is 3.35. The highest BCUT2D eigenvalue weighted by atomic mass is 32.2. The third-order valence-corrected chi connectivity index (χ3v) is 4.78. The first kappa shape index (κ1) is 15.6. The van der Waals surface area contributed by atoms with Crippen LogP contribution in [-0.4, -0.2) is 51.6 Å². The smallest absolute Gasteiger partial charge is 0.352 e. The van der Waals surface area contributed by atoms with E-state index in [0.717, 1.165) is 0 Å². The van der Waals surface area contributed by atoms with Gasteiger partial charge >= 0.3 is 11.9 Å². The molecule has 2 atom stereocenters. The quantitative estimate of drug-likeness (QED) is 0.429. The van der Waals surface area contributed by atoms with Crippen molar-refractivity contribution in [3.63, 3.8) is 0 Å². The Morgan fingerprint density at radius 3 is 2.81 bits per heavy atom. The minimum atomic E-state index is -1.21.